The largest absolute Gasteiger partial charge is 0.425 e. The highest BCUT2D eigenvalue weighted by Crippen LogP contribution is 2.32. The van der Waals surface area contributed by atoms with Gasteiger partial charge >= 0.3 is 11.9 Å². The molecule has 0 bridgehead atoms. The van der Waals surface area contributed by atoms with E-state index in [0.717, 1.165) is 5.69 Å². The zero-order valence-corrected chi connectivity index (χ0v) is 14.8. The smallest absolute Gasteiger partial charge is 0.318 e. The molecule has 0 aliphatic carbocycles. The van der Waals surface area contributed by atoms with Crippen LogP contribution in [-0.2, 0) is 25.6 Å². The van der Waals surface area contributed by atoms with Crippen molar-refractivity contribution in [2.45, 2.75) is 45.4 Å². The minimum absolute atomic E-state index is 0.0720. The zero-order chi connectivity index (χ0) is 18.7. The third-order valence-corrected chi connectivity index (χ3v) is 4.44. The van der Waals surface area contributed by atoms with Crippen LogP contribution in [0.3, 0.4) is 0 Å². The first-order valence-corrected chi connectivity index (χ1v) is 8.68. The van der Waals surface area contributed by atoms with Crippen LogP contribution in [0, 0.1) is 0 Å². The first kappa shape index (κ1) is 17.9. The van der Waals surface area contributed by atoms with Gasteiger partial charge in [-0.15, -0.1) is 0 Å². The molecule has 0 fully saturated rings. The Kier molecular flexibility index (Phi) is 5.21. The number of rotatable bonds is 6. The van der Waals surface area contributed by atoms with Gasteiger partial charge in [0.2, 0.25) is 12.1 Å². The van der Waals surface area contributed by atoms with Crippen LogP contribution < -0.4 is 0 Å². The SMILES string of the molecule is CCC(OC(C)=O)OC(=O)C1CCn2c(C(=O)c3ccccc3)ccc21. The van der Waals surface area contributed by atoms with Gasteiger partial charge in [0.05, 0.1) is 11.6 Å². The van der Waals surface area contributed by atoms with Crippen molar-refractivity contribution in [3.05, 3.63) is 59.4 Å². The van der Waals surface area contributed by atoms with Crippen LogP contribution in [0.2, 0.25) is 0 Å². The molecule has 1 aliphatic rings. The highest BCUT2D eigenvalue weighted by molar-refractivity contribution is 6.08. The minimum Gasteiger partial charge on any atom is -0.425 e. The number of fused-ring (bicyclic) bond motifs is 1. The van der Waals surface area contributed by atoms with Crippen molar-refractivity contribution in [1.82, 2.24) is 4.57 Å². The zero-order valence-electron chi connectivity index (χ0n) is 14.8. The minimum atomic E-state index is -0.880. The standard InChI is InChI=1S/C20H21NO5/c1-3-18(25-13(2)22)26-20(24)15-11-12-21-16(15)9-10-17(21)19(23)14-7-5-4-6-8-14/h4-10,15,18H,3,11-12H2,1-2H3. The van der Waals surface area contributed by atoms with Crippen molar-refractivity contribution in [1.29, 1.82) is 0 Å². The number of nitrogens with zero attached hydrogens (tertiary/aromatic N) is 1. The van der Waals surface area contributed by atoms with Gasteiger partial charge in [-0.3, -0.25) is 14.4 Å². The highest BCUT2D eigenvalue weighted by atomic mass is 16.7. The van der Waals surface area contributed by atoms with Gasteiger partial charge in [-0.25, -0.2) is 0 Å². The van der Waals surface area contributed by atoms with E-state index in [4.69, 9.17) is 9.47 Å². The van der Waals surface area contributed by atoms with Gasteiger partial charge in [-0.2, -0.15) is 0 Å². The Morgan fingerprint density at radius 1 is 1.12 bits per heavy atom. The van der Waals surface area contributed by atoms with Crippen molar-refractivity contribution >= 4 is 17.7 Å². The van der Waals surface area contributed by atoms with E-state index in [9.17, 15) is 14.4 Å². The number of carbonyl (C=O) groups is 3. The van der Waals surface area contributed by atoms with E-state index < -0.39 is 24.1 Å². The Bertz CT molecular complexity index is 824. The molecule has 1 aliphatic heterocycles. The van der Waals surface area contributed by atoms with Crippen molar-refractivity contribution in [2.75, 3.05) is 0 Å². The predicted molar refractivity (Wildman–Crippen MR) is 93.6 cm³/mol. The molecule has 0 saturated carbocycles. The Hall–Kier alpha value is -2.89. The summed E-state index contributed by atoms with van der Waals surface area (Å²) in [4.78, 5) is 36.3. The van der Waals surface area contributed by atoms with Crippen molar-refractivity contribution in [3.63, 3.8) is 0 Å². The van der Waals surface area contributed by atoms with Gasteiger partial charge in [0.15, 0.2) is 0 Å². The van der Waals surface area contributed by atoms with Gasteiger partial charge in [-0.1, -0.05) is 37.3 Å². The molecule has 0 saturated heterocycles. The molecule has 3 rings (SSSR count). The summed E-state index contributed by atoms with van der Waals surface area (Å²) in [5.74, 6) is -1.46. The van der Waals surface area contributed by atoms with E-state index in [1.807, 2.05) is 22.8 Å². The van der Waals surface area contributed by atoms with Gasteiger partial charge in [0.1, 0.15) is 0 Å². The third kappa shape index (κ3) is 3.54. The number of carbonyl (C=O) groups excluding carboxylic acids is 3. The maximum Gasteiger partial charge on any atom is 0.318 e. The third-order valence-electron chi connectivity index (χ3n) is 4.44. The van der Waals surface area contributed by atoms with Crippen LogP contribution in [0.15, 0.2) is 42.5 Å². The number of benzene rings is 1. The average molecular weight is 355 g/mol. The molecule has 2 atom stereocenters. The van der Waals surface area contributed by atoms with E-state index >= 15 is 0 Å². The van der Waals surface area contributed by atoms with Crippen molar-refractivity contribution < 1.29 is 23.9 Å². The van der Waals surface area contributed by atoms with Crippen molar-refractivity contribution in [3.8, 4) is 0 Å². The molecule has 0 radical (unpaired) electrons. The summed E-state index contributed by atoms with van der Waals surface area (Å²) in [6.07, 6.45) is 0.0617. The van der Waals surface area contributed by atoms with Crippen LogP contribution >= 0.6 is 0 Å². The van der Waals surface area contributed by atoms with Crippen LogP contribution in [0.1, 0.15) is 54.4 Å². The van der Waals surface area contributed by atoms with E-state index in [0.29, 0.717) is 30.6 Å². The van der Waals surface area contributed by atoms with Crippen LogP contribution in [0.4, 0.5) is 0 Å². The number of ketones is 1. The topological polar surface area (TPSA) is 74.6 Å². The predicted octanol–water partition coefficient (Wildman–Crippen LogP) is 3.05. The summed E-state index contributed by atoms with van der Waals surface area (Å²) >= 11 is 0. The Balaban J connectivity index is 1.76. The molecule has 0 N–H and O–H groups in total. The van der Waals surface area contributed by atoms with E-state index in [1.165, 1.54) is 6.92 Å². The molecule has 2 heterocycles. The molecule has 136 valence electrons. The molecule has 6 heteroatoms. The van der Waals surface area contributed by atoms with Crippen LogP contribution in [0.5, 0.6) is 0 Å². The summed E-state index contributed by atoms with van der Waals surface area (Å²) in [5.41, 5.74) is 1.93. The molecule has 1 aromatic carbocycles. The maximum atomic E-state index is 12.7. The van der Waals surface area contributed by atoms with E-state index in [-0.39, 0.29) is 5.78 Å². The molecule has 6 nitrogen and oxygen atoms in total. The van der Waals surface area contributed by atoms with Gasteiger partial charge in [0, 0.05) is 31.1 Å². The second-order valence-electron chi connectivity index (χ2n) is 6.22. The fraction of sp³-hybridized carbons (Fsp3) is 0.350. The number of hydrogen-bond donors (Lipinski definition) is 0. The van der Waals surface area contributed by atoms with Gasteiger partial charge < -0.3 is 14.0 Å². The molecular formula is C20H21NO5. The van der Waals surface area contributed by atoms with E-state index in [2.05, 4.69) is 0 Å². The van der Waals surface area contributed by atoms with Crippen molar-refractivity contribution in [2.24, 2.45) is 0 Å². The first-order chi connectivity index (χ1) is 12.5. The average Bonchev–Trinajstić information content (AvgIpc) is 3.22. The molecule has 0 amide bonds. The summed E-state index contributed by atoms with van der Waals surface area (Å²) in [7, 11) is 0. The lowest BCUT2D eigenvalue weighted by molar-refractivity contribution is -0.187. The Morgan fingerprint density at radius 3 is 2.50 bits per heavy atom. The first-order valence-electron chi connectivity index (χ1n) is 8.68. The fourth-order valence-corrected chi connectivity index (χ4v) is 3.21. The monoisotopic (exact) mass is 355 g/mol. The number of hydrogen-bond acceptors (Lipinski definition) is 5. The molecular weight excluding hydrogens is 334 g/mol. The molecule has 2 unspecified atom stereocenters. The lowest BCUT2D eigenvalue weighted by atomic mass is 10.1. The quantitative estimate of drug-likeness (QED) is 0.452. The van der Waals surface area contributed by atoms with Crippen LogP contribution in [0.25, 0.3) is 0 Å². The Labute approximate surface area is 151 Å². The summed E-state index contributed by atoms with van der Waals surface area (Å²) in [6, 6.07) is 12.6. The fourth-order valence-electron chi connectivity index (χ4n) is 3.21. The van der Waals surface area contributed by atoms with Gasteiger partial charge in [-0.05, 0) is 18.6 Å². The lowest BCUT2D eigenvalue weighted by Gasteiger charge is -2.18. The lowest BCUT2D eigenvalue weighted by Crippen LogP contribution is -2.25. The molecule has 26 heavy (non-hydrogen) atoms. The number of aromatic nitrogens is 1. The van der Waals surface area contributed by atoms with Gasteiger partial charge in [0.25, 0.3) is 0 Å². The van der Waals surface area contributed by atoms with E-state index in [1.54, 1.807) is 31.2 Å². The Morgan fingerprint density at radius 2 is 1.85 bits per heavy atom. The molecule has 1 aromatic heterocycles. The molecule has 2 aromatic rings. The summed E-state index contributed by atoms with van der Waals surface area (Å²) in [5, 5.41) is 0. The normalized spacial score (nSPS) is 16.6. The molecule has 0 spiro atoms. The number of esters is 2. The highest BCUT2D eigenvalue weighted by Gasteiger charge is 2.34. The second kappa shape index (κ2) is 7.56. The van der Waals surface area contributed by atoms with Crippen LogP contribution in [-0.4, -0.2) is 28.6 Å². The maximum absolute atomic E-state index is 12.7. The second-order valence-corrected chi connectivity index (χ2v) is 6.22. The summed E-state index contributed by atoms with van der Waals surface area (Å²) in [6.45, 7) is 3.62. The summed E-state index contributed by atoms with van der Waals surface area (Å²) < 4.78 is 12.2. The number of ether oxygens (including phenoxy) is 2.